The summed E-state index contributed by atoms with van der Waals surface area (Å²) in [5.74, 6) is 1.78. The quantitative estimate of drug-likeness (QED) is 0.922. The Bertz CT molecular complexity index is 555. The van der Waals surface area contributed by atoms with Crippen LogP contribution in [-0.2, 0) is 0 Å². The SMILES string of the molecule is CC1CN(c2snc(N)c2-c2ccncc2)CCS1. The first-order valence-electron chi connectivity index (χ1n) is 6.28. The lowest BCUT2D eigenvalue weighted by Gasteiger charge is -2.31. The molecule has 2 N–H and O–H groups in total. The number of nitrogens with zero attached hydrogens (tertiary/aromatic N) is 3. The minimum Gasteiger partial charge on any atom is -0.382 e. The second kappa shape index (κ2) is 5.38. The van der Waals surface area contributed by atoms with Crippen LogP contribution >= 0.6 is 23.3 Å². The van der Waals surface area contributed by atoms with E-state index in [0.29, 0.717) is 11.1 Å². The van der Waals surface area contributed by atoms with Gasteiger partial charge in [-0.2, -0.15) is 16.1 Å². The summed E-state index contributed by atoms with van der Waals surface area (Å²) >= 11 is 3.53. The van der Waals surface area contributed by atoms with Gasteiger partial charge < -0.3 is 10.6 Å². The van der Waals surface area contributed by atoms with Gasteiger partial charge in [-0.05, 0) is 29.2 Å². The smallest absolute Gasteiger partial charge is 0.147 e. The fraction of sp³-hybridized carbons (Fsp3) is 0.385. The number of hydrogen-bond donors (Lipinski definition) is 1. The maximum absolute atomic E-state index is 6.06. The summed E-state index contributed by atoms with van der Waals surface area (Å²) in [4.78, 5) is 6.47. The second-order valence-electron chi connectivity index (χ2n) is 4.61. The van der Waals surface area contributed by atoms with Gasteiger partial charge in [0.25, 0.3) is 0 Å². The minimum atomic E-state index is 0.622. The first kappa shape index (κ1) is 12.7. The monoisotopic (exact) mass is 292 g/mol. The van der Waals surface area contributed by atoms with Crippen LogP contribution in [0.3, 0.4) is 0 Å². The Balaban J connectivity index is 1.99. The van der Waals surface area contributed by atoms with Crippen molar-refractivity contribution >= 4 is 34.1 Å². The maximum Gasteiger partial charge on any atom is 0.147 e. The molecule has 2 aromatic heterocycles. The molecular formula is C13H16N4S2. The Morgan fingerprint density at radius 2 is 2.16 bits per heavy atom. The molecule has 3 rings (SSSR count). The molecule has 3 heterocycles. The molecule has 0 spiro atoms. The Kier molecular flexibility index (Phi) is 3.61. The number of pyridine rings is 1. The predicted molar refractivity (Wildman–Crippen MR) is 83.9 cm³/mol. The molecule has 2 aromatic rings. The van der Waals surface area contributed by atoms with Crippen molar-refractivity contribution in [2.45, 2.75) is 12.2 Å². The lowest BCUT2D eigenvalue weighted by molar-refractivity contribution is 0.790. The molecular weight excluding hydrogens is 276 g/mol. The number of anilines is 2. The Morgan fingerprint density at radius 3 is 2.89 bits per heavy atom. The van der Waals surface area contributed by atoms with E-state index in [0.717, 1.165) is 30.0 Å². The zero-order chi connectivity index (χ0) is 13.2. The number of nitrogens with two attached hydrogens (primary N) is 1. The van der Waals surface area contributed by atoms with E-state index < -0.39 is 0 Å². The topological polar surface area (TPSA) is 55.0 Å². The molecule has 0 bridgehead atoms. The number of thioether (sulfide) groups is 1. The lowest BCUT2D eigenvalue weighted by Crippen LogP contribution is -2.36. The summed E-state index contributed by atoms with van der Waals surface area (Å²) in [6.45, 7) is 4.40. The average Bonchev–Trinajstić information content (AvgIpc) is 2.82. The lowest BCUT2D eigenvalue weighted by atomic mass is 10.1. The number of aromatic nitrogens is 2. The number of rotatable bonds is 2. The van der Waals surface area contributed by atoms with Crippen LogP contribution in [-0.4, -0.2) is 33.4 Å². The summed E-state index contributed by atoms with van der Waals surface area (Å²) in [5.41, 5.74) is 8.22. The Morgan fingerprint density at radius 1 is 1.37 bits per heavy atom. The molecule has 0 radical (unpaired) electrons. The van der Waals surface area contributed by atoms with E-state index in [-0.39, 0.29) is 0 Å². The number of hydrogen-bond acceptors (Lipinski definition) is 6. The molecule has 4 nitrogen and oxygen atoms in total. The fourth-order valence-electron chi connectivity index (χ4n) is 2.30. The van der Waals surface area contributed by atoms with Gasteiger partial charge in [-0.15, -0.1) is 0 Å². The highest BCUT2D eigenvalue weighted by molar-refractivity contribution is 8.00. The largest absolute Gasteiger partial charge is 0.382 e. The van der Waals surface area contributed by atoms with E-state index in [9.17, 15) is 0 Å². The molecule has 100 valence electrons. The normalized spacial score (nSPS) is 19.6. The minimum absolute atomic E-state index is 0.622. The van der Waals surface area contributed by atoms with E-state index in [1.54, 1.807) is 12.4 Å². The van der Waals surface area contributed by atoms with Gasteiger partial charge in [0.1, 0.15) is 10.8 Å². The third kappa shape index (κ3) is 2.55. The molecule has 1 aliphatic rings. The molecule has 1 saturated heterocycles. The average molecular weight is 292 g/mol. The highest BCUT2D eigenvalue weighted by Crippen LogP contribution is 2.40. The van der Waals surface area contributed by atoms with Crippen LogP contribution in [0.5, 0.6) is 0 Å². The van der Waals surface area contributed by atoms with E-state index in [1.165, 1.54) is 16.5 Å². The first-order chi connectivity index (χ1) is 9.25. The molecule has 1 fully saturated rings. The van der Waals surface area contributed by atoms with Crippen LogP contribution in [0.15, 0.2) is 24.5 Å². The highest BCUT2D eigenvalue weighted by Gasteiger charge is 2.23. The van der Waals surface area contributed by atoms with Crippen LogP contribution in [0.4, 0.5) is 10.8 Å². The van der Waals surface area contributed by atoms with Crippen LogP contribution in [0.2, 0.25) is 0 Å². The maximum atomic E-state index is 6.06. The molecule has 0 aliphatic carbocycles. The standard InChI is InChI=1S/C13H16N4S2/c1-9-8-17(6-7-18-9)13-11(12(14)16-19-13)10-2-4-15-5-3-10/h2-5,9H,6-8H2,1H3,(H2,14,16). The van der Waals surface area contributed by atoms with Gasteiger partial charge in [0.15, 0.2) is 0 Å². The van der Waals surface area contributed by atoms with E-state index >= 15 is 0 Å². The number of nitrogen functional groups attached to an aromatic ring is 1. The third-order valence-corrected chi connectivity index (χ3v) is 5.26. The van der Waals surface area contributed by atoms with Crippen LogP contribution in [0, 0.1) is 0 Å². The first-order valence-corrected chi connectivity index (χ1v) is 8.10. The van der Waals surface area contributed by atoms with Gasteiger partial charge in [0.05, 0.1) is 5.56 Å². The van der Waals surface area contributed by atoms with Crippen LogP contribution in [0.1, 0.15) is 6.92 Å². The molecule has 0 saturated carbocycles. The predicted octanol–water partition coefficient (Wildman–Crippen LogP) is 2.73. The fourth-order valence-corrected chi connectivity index (χ4v) is 4.19. The molecule has 1 atom stereocenters. The van der Waals surface area contributed by atoms with Crippen molar-refractivity contribution in [3.05, 3.63) is 24.5 Å². The van der Waals surface area contributed by atoms with E-state index in [1.807, 2.05) is 23.9 Å². The zero-order valence-electron chi connectivity index (χ0n) is 10.7. The summed E-state index contributed by atoms with van der Waals surface area (Å²) in [6.07, 6.45) is 3.59. The summed E-state index contributed by atoms with van der Waals surface area (Å²) in [5, 5.41) is 1.85. The van der Waals surface area contributed by atoms with Crippen molar-refractivity contribution in [3.8, 4) is 11.1 Å². The van der Waals surface area contributed by atoms with Crippen molar-refractivity contribution in [2.24, 2.45) is 0 Å². The molecule has 1 aliphatic heterocycles. The van der Waals surface area contributed by atoms with Crippen molar-refractivity contribution in [1.29, 1.82) is 0 Å². The second-order valence-corrected chi connectivity index (χ2v) is 6.91. The molecule has 19 heavy (non-hydrogen) atoms. The van der Waals surface area contributed by atoms with Crippen LogP contribution < -0.4 is 10.6 Å². The Labute approximate surface area is 121 Å². The van der Waals surface area contributed by atoms with Crippen molar-refractivity contribution < 1.29 is 0 Å². The zero-order valence-corrected chi connectivity index (χ0v) is 12.4. The van der Waals surface area contributed by atoms with Crippen molar-refractivity contribution in [2.75, 3.05) is 29.5 Å². The van der Waals surface area contributed by atoms with E-state index in [4.69, 9.17) is 5.73 Å². The van der Waals surface area contributed by atoms with Gasteiger partial charge in [-0.1, -0.05) is 6.92 Å². The molecule has 1 unspecified atom stereocenters. The van der Waals surface area contributed by atoms with Crippen molar-refractivity contribution in [3.63, 3.8) is 0 Å². The van der Waals surface area contributed by atoms with Gasteiger partial charge >= 0.3 is 0 Å². The summed E-state index contributed by atoms with van der Waals surface area (Å²) in [7, 11) is 0. The summed E-state index contributed by atoms with van der Waals surface area (Å²) in [6, 6.07) is 3.98. The Hall–Kier alpha value is -1.27. The molecule has 6 heteroatoms. The molecule has 0 aromatic carbocycles. The van der Waals surface area contributed by atoms with E-state index in [2.05, 4.69) is 21.2 Å². The summed E-state index contributed by atoms with van der Waals surface area (Å²) < 4.78 is 4.34. The van der Waals surface area contributed by atoms with Gasteiger partial charge in [-0.25, -0.2) is 0 Å². The van der Waals surface area contributed by atoms with Gasteiger partial charge in [0, 0.05) is 36.5 Å². The van der Waals surface area contributed by atoms with Crippen LogP contribution in [0.25, 0.3) is 11.1 Å². The highest BCUT2D eigenvalue weighted by atomic mass is 32.2. The van der Waals surface area contributed by atoms with Gasteiger partial charge in [0.2, 0.25) is 0 Å². The van der Waals surface area contributed by atoms with Crippen molar-refractivity contribution in [1.82, 2.24) is 9.36 Å². The molecule has 0 amide bonds. The third-order valence-electron chi connectivity index (χ3n) is 3.20. The van der Waals surface area contributed by atoms with Gasteiger partial charge in [-0.3, -0.25) is 4.98 Å².